The van der Waals surface area contributed by atoms with E-state index in [9.17, 15) is 9.59 Å². The Morgan fingerprint density at radius 3 is 2.17 bits per heavy atom. The molecule has 1 aliphatic heterocycles. The molecular formula is C18H30N2O3. The molecule has 5 nitrogen and oxygen atoms in total. The molecule has 0 aromatic carbocycles. The molecule has 1 N–H and O–H groups in total. The molecule has 1 saturated carbocycles. The molecule has 1 amide bonds. The van der Waals surface area contributed by atoms with Gasteiger partial charge in [-0.25, -0.2) is 4.79 Å². The van der Waals surface area contributed by atoms with E-state index in [-0.39, 0.29) is 17.1 Å². The quantitative estimate of drug-likeness (QED) is 0.790. The second-order valence-electron chi connectivity index (χ2n) is 6.70. The zero-order valence-corrected chi connectivity index (χ0v) is 15.0. The van der Waals surface area contributed by atoms with Crippen molar-refractivity contribution >= 4 is 6.09 Å². The number of nitrogens with one attached hydrogen (secondary N) is 1. The highest BCUT2D eigenvalue weighted by atomic mass is 16.6. The summed E-state index contributed by atoms with van der Waals surface area (Å²) in [6, 6.07) is 3.41. The van der Waals surface area contributed by atoms with Crippen LogP contribution in [0.3, 0.4) is 0 Å². The third kappa shape index (κ3) is 6.47. The Bertz CT molecular complexity index is 516. The first-order chi connectivity index (χ1) is 10.8. The van der Waals surface area contributed by atoms with Crippen LogP contribution in [0.5, 0.6) is 0 Å². The molecule has 1 aliphatic carbocycles. The molecule has 2 aliphatic rings. The number of aromatic amines is 1. The second-order valence-corrected chi connectivity index (χ2v) is 6.70. The molecule has 2 fully saturated rings. The van der Waals surface area contributed by atoms with Gasteiger partial charge < -0.3 is 14.6 Å². The third-order valence-corrected chi connectivity index (χ3v) is 3.72. The summed E-state index contributed by atoms with van der Waals surface area (Å²) in [5.74, 6) is 0.743. The molecule has 2 bridgehead atoms. The van der Waals surface area contributed by atoms with Crippen molar-refractivity contribution in [3.8, 4) is 0 Å². The molecule has 0 radical (unpaired) electrons. The van der Waals surface area contributed by atoms with E-state index in [1.807, 2.05) is 39.5 Å². The third-order valence-electron chi connectivity index (χ3n) is 3.72. The number of piperidine rings is 1. The lowest BCUT2D eigenvalue weighted by Crippen LogP contribution is -2.41. The number of rotatable bonds is 0. The predicted molar refractivity (Wildman–Crippen MR) is 92.5 cm³/mol. The number of likely N-dealkylation sites (tertiary alicyclic amines) is 1. The summed E-state index contributed by atoms with van der Waals surface area (Å²) in [6.07, 6.45) is 6.74. The van der Waals surface area contributed by atoms with Gasteiger partial charge in [-0.1, -0.05) is 13.8 Å². The second kappa shape index (κ2) is 8.75. The lowest BCUT2D eigenvalue weighted by atomic mass is 10.1. The van der Waals surface area contributed by atoms with Crippen molar-refractivity contribution in [3.05, 3.63) is 34.7 Å². The molecule has 5 heteroatoms. The van der Waals surface area contributed by atoms with Gasteiger partial charge >= 0.3 is 6.09 Å². The van der Waals surface area contributed by atoms with Crippen LogP contribution in [0, 0.1) is 5.92 Å². The monoisotopic (exact) mass is 322 g/mol. The molecule has 2 atom stereocenters. The van der Waals surface area contributed by atoms with Crippen LogP contribution in [0.25, 0.3) is 0 Å². The number of ether oxygens (including phenoxy) is 1. The Morgan fingerprint density at radius 1 is 1.22 bits per heavy atom. The fraction of sp³-hybridized carbons (Fsp3) is 0.667. The minimum Gasteiger partial charge on any atom is -0.444 e. The molecule has 1 aromatic rings. The van der Waals surface area contributed by atoms with E-state index in [1.165, 1.54) is 31.4 Å². The van der Waals surface area contributed by atoms with Gasteiger partial charge in [-0.15, -0.1) is 0 Å². The van der Waals surface area contributed by atoms with Gasteiger partial charge in [0.1, 0.15) is 5.60 Å². The van der Waals surface area contributed by atoms with Crippen LogP contribution in [0.2, 0.25) is 0 Å². The van der Waals surface area contributed by atoms with Gasteiger partial charge in [-0.3, -0.25) is 4.79 Å². The first-order valence-electron chi connectivity index (χ1n) is 8.48. The minimum atomic E-state index is -0.362. The Balaban J connectivity index is 0.000000247. The van der Waals surface area contributed by atoms with Crippen molar-refractivity contribution in [2.75, 3.05) is 6.54 Å². The maximum Gasteiger partial charge on any atom is 0.410 e. The summed E-state index contributed by atoms with van der Waals surface area (Å²) < 4.78 is 5.36. The van der Waals surface area contributed by atoms with Crippen molar-refractivity contribution in [1.82, 2.24) is 9.88 Å². The van der Waals surface area contributed by atoms with Crippen LogP contribution in [-0.4, -0.2) is 34.2 Å². The average Bonchev–Trinajstić information content (AvgIpc) is 3.12. The Hall–Kier alpha value is -1.78. The summed E-state index contributed by atoms with van der Waals surface area (Å²) in [6.45, 7) is 10.7. The highest BCUT2D eigenvalue weighted by Crippen LogP contribution is 2.37. The maximum absolute atomic E-state index is 11.8. The zero-order chi connectivity index (χ0) is 17.5. The Labute approximate surface area is 139 Å². The molecule has 0 spiro atoms. The summed E-state index contributed by atoms with van der Waals surface area (Å²) in [4.78, 5) is 26.7. The normalized spacial score (nSPS) is 21.7. The van der Waals surface area contributed by atoms with E-state index in [2.05, 4.69) is 4.98 Å². The fourth-order valence-electron chi connectivity index (χ4n) is 2.84. The van der Waals surface area contributed by atoms with Crippen molar-refractivity contribution in [2.45, 2.75) is 65.5 Å². The van der Waals surface area contributed by atoms with Gasteiger partial charge in [0.15, 0.2) is 5.43 Å². The van der Waals surface area contributed by atoms with Gasteiger partial charge in [-0.2, -0.15) is 0 Å². The van der Waals surface area contributed by atoms with Crippen LogP contribution in [0.4, 0.5) is 4.79 Å². The van der Waals surface area contributed by atoms with E-state index in [0.717, 1.165) is 12.5 Å². The van der Waals surface area contributed by atoms with E-state index < -0.39 is 0 Å². The standard InChI is InChI=1S/C11H19NO2.C5H5NO.C2H6/c1-11(2,3)14-10(13)12-7-8-4-5-9(12)6-8;7-5-1-3-6-4-2-5;1-2/h8-9H,4-7H2,1-3H3;1-4H,(H,6,7);1-2H3. The lowest BCUT2D eigenvalue weighted by molar-refractivity contribution is 0.0191. The number of aromatic nitrogens is 1. The maximum atomic E-state index is 11.8. The number of fused-ring (bicyclic) bond motifs is 2. The van der Waals surface area contributed by atoms with Crippen molar-refractivity contribution < 1.29 is 9.53 Å². The van der Waals surface area contributed by atoms with Crippen molar-refractivity contribution in [2.24, 2.45) is 5.92 Å². The minimum absolute atomic E-state index is 0.0405. The van der Waals surface area contributed by atoms with E-state index in [1.54, 1.807) is 12.4 Å². The first kappa shape index (κ1) is 19.3. The average molecular weight is 322 g/mol. The van der Waals surface area contributed by atoms with Crippen LogP contribution in [0.15, 0.2) is 29.3 Å². The Morgan fingerprint density at radius 2 is 1.83 bits per heavy atom. The number of carbonyl (C=O) groups excluding carboxylic acids is 1. The first-order valence-corrected chi connectivity index (χ1v) is 8.48. The van der Waals surface area contributed by atoms with Crippen molar-refractivity contribution in [3.63, 3.8) is 0 Å². The van der Waals surface area contributed by atoms with Crippen LogP contribution >= 0.6 is 0 Å². The van der Waals surface area contributed by atoms with Crippen LogP contribution < -0.4 is 5.43 Å². The van der Waals surface area contributed by atoms with Gasteiger partial charge in [0, 0.05) is 37.1 Å². The van der Waals surface area contributed by atoms with E-state index in [4.69, 9.17) is 4.74 Å². The Kier molecular flexibility index (Phi) is 7.33. The highest BCUT2D eigenvalue weighted by Gasteiger charge is 2.41. The molecule has 2 heterocycles. The molecular weight excluding hydrogens is 292 g/mol. The number of carbonyl (C=O) groups is 1. The number of amides is 1. The smallest absolute Gasteiger partial charge is 0.410 e. The highest BCUT2D eigenvalue weighted by molar-refractivity contribution is 5.69. The molecule has 1 aromatic heterocycles. The van der Waals surface area contributed by atoms with Crippen LogP contribution in [0.1, 0.15) is 53.9 Å². The largest absolute Gasteiger partial charge is 0.444 e. The van der Waals surface area contributed by atoms with Crippen molar-refractivity contribution in [1.29, 1.82) is 0 Å². The number of H-pyrrole nitrogens is 1. The number of pyridine rings is 1. The van der Waals surface area contributed by atoms with Gasteiger partial charge in [0.2, 0.25) is 0 Å². The van der Waals surface area contributed by atoms with Gasteiger partial charge in [0.25, 0.3) is 0 Å². The van der Waals surface area contributed by atoms with Crippen LogP contribution in [-0.2, 0) is 4.74 Å². The molecule has 23 heavy (non-hydrogen) atoms. The summed E-state index contributed by atoms with van der Waals surface area (Å²) >= 11 is 0. The summed E-state index contributed by atoms with van der Waals surface area (Å²) in [5.41, 5.74) is -0.322. The molecule has 130 valence electrons. The van der Waals surface area contributed by atoms with E-state index in [0.29, 0.717) is 6.04 Å². The summed E-state index contributed by atoms with van der Waals surface area (Å²) in [5, 5.41) is 0. The number of hydrogen-bond acceptors (Lipinski definition) is 3. The SMILES string of the molecule is CC.CC(C)(C)OC(=O)N1CC2CCC1C2.O=c1cc[nH]cc1. The molecule has 2 unspecified atom stereocenters. The predicted octanol–water partition coefficient (Wildman–Crippen LogP) is 3.81. The fourth-order valence-corrected chi connectivity index (χ4v) is 2.84. The molecule has 1 saturated heterocycles. The lowest BCUT2D eigenvalue weighted by Gasteiger charge is -2.30. The number of hydrogen-bond donors (Lipinski definition) is 1. The number of nitrogens with zero attached hydrogens (tertiary/aromatic N) is 1. The molecule has 3 rings (SSSR count). The van der Waals surface area contributed by atoms with Gasteiger partial charge in [0.05, 0.1) is 0 Å². The topological polar surface area (TPSA) is 62.4 Å². The van der Waals surface area contributed by atoms with Gasteiger partial charge in [-0.05, 0) is 46.0 Å². The summed E-state index contributed by atoms with van der Waals surface area (Å²) in [7, 11) is 0. The van der Waals surface area contributed by atoms with E-state index >= 15 is 0 Å². The zero-order valence-electron chi connectivity index (χ0n) is 15.0.